The van der Waals surface area contributed by atoms with E-state index >= 15 is 0 Å². The summed E-state index contributed by atoms with van der Waals surface area (Å²) in [7, 11) is 0. The van der Waals surface area contributed by atoms with E-state index in [4.69, 9.17) is 14.2 Å². The van der Waals surface area contributed by atoms with Crippen LogP contribution in [0.3, 0.4) is 0 Å². The number of ether oxygens (including phenoxy) is 3. The van der Waals surface area contributed by atoms with Crippen molar-refractivity contribution in [1.29, 1.82) is 0 Å². The van der Waals surface area contributed by atoms with Gasteiger partial charge in [0.15, 0.2) is 12.4 Å². The first-order valence-corrected chi connectivity index (χ1v) is 10.2. The molecular formula is C23H34O4. The van der Waals surface area contributed by atoms with Crippen molar-refractivity contribution in [1.82, 2.24) is 0 Å². The fraction of sp³-hybridized carbons (Fsp3) is 0.609. The first-order chi connectivity index (χ1) is 13.0. The monoisotopic (exact) mass is 374 g/mol. The molecule has 5 atom stereocenters. The molecule has 0 aliphatic carbocycles. The molecule has 1 aromatic carbocycles. The number of hydrogen-bond donors (Lipinski definition) is 0. The van der Waals surface area contributed by atoms with Crippen molar-refractivity contribution in [3.63, 3.8) is 0 Å². The molecule has 2 unspecified atom stereocenters. The predicted molar refractivity (Wildman–Crippen MR) is 108 cm³/mol. The highest BCUT2D eigenvalue weighted by Crippen LogP contribution is 2.29. The molecule has 0 bridgehead atoms. The molecule has 0 amide bonds. The van der Waals surface area contributed by atoms with Crippen molar-refractivity contribution >= 4 is 5.97 Å². The molecule has 1 aliphatic rings. The highest BCUT2D eigenvalue weighted by atomic mass is 16.7. The van der Waals surface area contributed by atoms with E-state index < -0.39 is 6.29 Å². The number of carbonyl (C=O) groups excluding carboxylic acids is 1. The van der Waals surface area contributed by atoms with Crippen LogP contribution in [0, 0.1) is 5.92 Å². The lowest BCUT2D eigenvalue weighted by molar-refractivity contribution is -0.263. The maximum absolute atomic E-state index is 12.5. The summed E-state index contributed by atoms with van der Waals surface area (Å²) in [6, 6.07) is 9.08. The Morgan fingerprint density at radius 1 is 1.26 bits per heavy atom. The van der Waals surface area contributed by atoms with Crippen LogP contribution < -0.4 is 0 Å². The lowest BCUT2D eigenvalue weighted by Crippen LogP contribution is -2.47. The van der Waals surface area contributed by atoms with Crippen LogP contribution in [-0.2, 0) is 14.2 Å². The zero-order chi connectivity index (χ0) is 19.6. The molecule has 1 aromatic rings. The zero-order valence-corrected chi connectivity index (χ0v) is 16.9. The van der Waals surface area contributed by atoms with Gasteiger partial charge in [0.2, 0.25) is 0 Å². The molecule has 0 N–H and O–H groups in total. The third-order valence-corrected chi connectivity index (χ3v) is 5.21. The molecule has 1 fully saturated rings. The van der Waals surface area contributed by atoms with E-state index in [0.29, 0.717) is 11.5 Å². The van der Waals surface area contributed by atoms with Gasteiger partial charge in [-0.05, 0) is 57.6 Å². The minimum Gasteiger partial charge on any atom is -0.453 e. The van der Waals surface area contributed by atoms with Crippen LogP contribution in [0.15, 0.2) is 43.0 Å². The lowest BCUT2D eigenvalue weighted by atomic mass is 9.95. The smallest absolute Gasteiger partial charge is 0.338 e. The summed E-state index contributed by atoms with van der Waals surface area (Å²) in [6.45, 7) is 9.99. The topological polar surface area (TPSA) is 44.8 Å². The summed E-state index contributed by atoms with van der Waals surface area (Å²) >= 11 is 0. The normalized spacial score (nSPS) is 26.3. The number of rotatable bonds is 10. The second-order valence-corrected chi connectivity index (χ2v) is 7.61. The third-order valence-electron chi connectivity index (χ3n) is 5.21. The van der Waals surface area contributed by atoms with Crippen LogP contribution in [-0.4, -0.2) is 30.6 Å². The SMILES string of the molecule is C=CCCCCC[C@H](C)O[C@@H]1OC(C)[C@H](C)CC1OC(=O)c1ccccc1. The molecule has 27 heavy (non-hydrogen) atoms. The molecule has 0 aromatic heterocycles. The van der Waals surface area contributed by atoms with E-state index in [2.05, 4.69) is 27.4 Å². The molecule has 1 heterocycles. The second kappa shape index (κ2) is 11.3. The van der Waals surface area contributed by atoms with Gasteiger partial charge in [-0.1, -0.05) is 44.0 Å². The van der Waals surface area contributed by atoms with E-state index in [9.17, 15) is 4.79 Å². The van der Waals surface area contributed by atoms with Gasteiger partial charge in [0, 0.05) is 0 Å². The first kappa shape index (κ1) is 21.6. The maximum atomic E-state index is 12.5. The predicted octanol–water partition coefficient (Wildman–Crippen LogP) is 5.52. The van der Waals surface area contributed by atoms with Crippen LogP contribution in [0.1, 0.15) is 69.7 Å². The van der Waals surface area contributed by atoms with Gasteiger partial charge < -0.3 is 14.2 Å². The molecule has 0 spiro atoms. The molecule has 2 rings (SSSR count). The van der Waals surface area contributed by atoms with Gasteiger partial charge >= 0.3 is 5.97 Å². The van der Waals surface area contributed by atoms with Crippen molar-refractivity contribution in [2.75, 3.05) is 0 Å². The van der Waals surface area contributed by atoms with Gasteiger partial charge in [0.1, 0.15) is 0 Å². The van der Waals surface area contributed by atoms with Crippen molar-refractivity contribution in [2.45, 2.75) is 83.9 Å². The van der Waals surface area contributed by atoms with Gasteiger partial charge in [-0.3, -0.25) is 0 Å². The zero-order valence-electron chi connectivity index (χ0n) is 16.9. The Morgan fingerprint density at radius 2 is 2.00 bits per heavy atom. The Hall–Kier alpha value is -1.65. The average molecular weight is 375 g/mol. The molecule has 1 aliphatic heterocycles. The first-order valence-electron chi connectivity index (χ1n) is 10.2. The molecule has 0 radical (unpaired) electrons. The molecule has 150 valence electrons. The summed E-state index contributed by atoms with van der Waals surface area (Å²) in [4.78, 5) is 12.5. The summed E-state index contributed by atoms with van der Waals surface area (Å²) in [5.74, 6) is -0.00994. The number of hydrogen-bond acceptors (Lipinski definition) is 4. The van der Waals surface area contributed by atoms with E-state index in [1.165, 1.54) is 12.8 Å². The quantitative estimate of drug-likeness (QED) is 0.307. The average Bonchev–Trinajstić information content (AvgIpc) is 2.66. The van der Waals surface area contributed by atoms with E-state index in [-0.39, 0.29) is 24.3 Å². The Kier molecular flexibility index (Phi) is 9.02. The fourth-order valence-electron chi connectivity index (χ4n) is 3.30. The van der Waals surface area contributed by atoms with Crippen LogP contribution in [0.4, 0.5) is 0 Å². The minimum atomic E-state index is -0.507. The van der Waals surface area contributed by atoms with Gasteiger partial charge in [-0.15, -0.1) is 6.58 Å². The van der Waals surface area contributed by atoms with Crippen molar-refractivity contribution < 1.29 is 19.0 Å². The molecule has 4 nitrogen and oxygen atoms in total. The van der Waals surface area contributed by atoms with Crippen LogP contribution in [0.5, 0.6) is 0 Å². The number of allylic oxidation sites excluding steroid dienone is 1. The Balaban J connectivity index is 1.90. The summed E-state index contributed by atoms with van der Waals surface area (Å²) in [6.07, 6.45) is 7.46. The standard InChI is InChI=1S/C23H34O4/c1-5-6-7-8-10-13-18(3)25-23-21(16-17(2)19(4)26-23)27-22(24)20-14-11-9-12-15-20/h5,9,11-12,14-15,17-19,21,23H,1,6-8,10,13,16H2,2-4H3/t17-,18+,19?,21?,23-/m1/s1. The van der Waals surface area contributed by atoms with Crippen LogP contribution in [0.2, 0.25) is 0 Å². The highest BCUT2D eigenvalue weighted by Gasteiger charge is 2.38. The number of esters is 1. The number of benzene rings is 1. The summed E-state index contributed by atoms with van der Waals surface area (Å²) in [5, 5.41) is 0. The maximum Gasteiger partial charge on any atom is 0.338 e. The molecule has 0 saturated carbocycles. The third kappa shape index (κ3) is 7.11. The van der Waals surface area contributed by atoms with E-state index in [1.54, 1.807) is 12.1 Å². The Morgan fingerprint density at radius 3 is 2.70 bits per heavy atom. The second-order valence-electron chi connectivity index (χ2n) is 7.61. The van der Waals surface area contributed by atoms with Gasteiger partial charge in [0.05, 0.1) is 17.8 Å². The summed E-state index contributed by atoms with van der Waals surface area (Å²) < 4.78 is 18.0. The van der Waals surface area contributed by atoms with E-state index in [0.717, 1.165) is 25.7 Å². The van der Waals surface area contributed by atoms with Crippen molar-refractivity contribution in [2.24, 2.45) is 5.92 Å². The van der Waals surface area contributed by atoms with Crippen molar-refractivity contribution in [3.05, 3.63) is 48.6 Å². The highest BCUT2D eigenvalue weighted by molar-refractivity contribution is 5.89. The Labute approximate surface area is 163 Å². The lowest BCUT2D eigenvalue weighted by Gasteiger charge is -2.39. The van der Waals surface area contributed by atoms with Gasteiger partial charge in [0.25, 0.3) is 0 Å². The van der Waals surface area contributed by atoms with Crippen LogP contribution in [0.25, 0.3) is 0 Å². The minimum absolute atomic E-state index is 0.0669. The molecule has 4 heteroatoms. The number of unbranched alkanes of at least 4 members (excludes halogenated alkanes) is 3. The van der Waals surface area contributed by atoms with E-state index in [1.807, 2.05) is 24.3 Å². The molecular weight excluding hydrogens is 340 g/mol. The Bertz CT molecular complexity index is 571. The van der Waals surface area contributed by atoms with Gasteiger partial charge in [-0.25, -0.2) is 4.79 Å². The molecule has 1 saturated heterocycles. The van der Waals surface area contributed by atoms with Crippen LogP contribution >= 0.6 is 0 Å². The summed E-state index contributed by atoms with van der Waals surface area (Å²) in [5.41, 5.74) is 0.554. The number of carbonyl (C=O) groups is 1. The van der Waals surface area contributed by atoms with Gasteiger partial charge in [-0.2, -0.15) is 0 Å². The van der Waals surface area contributed by atoms with Crippen molar-refractivity contribution in [3.8, 4) is 0 Å². The fourth-order valence-corrected chi connectivity index (χ4v) is 3.30. The largest absolute Gasteiger partial charge is 0.453 e.